The minimum atomic E-state index is 0.260. The topological polar surface area (TPSA) is 27.3 Å². The Labute approximate surface area is 75.5 Å². The normalized spacial score (nSPS) is 19.8. The summed E-state index contributed by atoms with van der Waals surface area (Å²) in [4.78, 5) is 2.26. The average molecular weight is 171 g/mol. The summed E-state index contributed by atoms with van der Waals surface area (Å²) in [5.74, 6) is 0. The van der Waals surface area contributed by atoms with E-state index in [0.717, 1.165) is 19.6 Å². The van der Waals surface area contributed by atoms with Gasteiger partial charge in [0, 0.05) is 31.2 Å². The smallest absolute Gasteiger partial charge is 0.0318 e. The Morgan fingerprint density at radius 1 is 1.42 bits per heavy atom. The summed E-state index contributed by atoms with van der Waals surface area (Å²) in [6.45, 7) is 7.83. The lowest BCUT2D eigenvalue weighted by Crippen LogP contribution is -2.59. The lowest BCUT2D eigenvalue weighted by Gasteiger charge is -2.37. The van der Waals surface area contributed by atoms with Crippen LogP contribution in [0, 0.1) is 0 Å². The molecule has 0 atom stereocenters. The van der Waals surface area contributed by atoms with E-state index in [4.69, 9.17) is 0 Å². The number of rotatable bonds is 4. The first kappa shape index (κ1) is 9.96. The van der Waals surface area contributed by atoms with Gasteiger partial charge in [0.15, 0.2) is 0 Å². The van der Waals surface area contributed by atoms with E-state index in [1.165, 1.54) is 0 Å². The largest absolute Gasteiger partial charge is 0.314 e. The van der Waals surface area contributed by atoms with Crippen molar-refractivity contribution in [1.29, 1.82) is 0 Å². The van der Waals surface area contributed by atoms with Crippen LogP contribution in [0.25, 0.3) is 0 Å². The van der Waals surface area contributed by atoms with Crippen molar-refractivity contribution in [2.45, 2.75) is 25.4 Å². The molecule has 0 aromatic carbocycles. The standard InChI is InChI=1S/C9H21N3/c1-9(2,12(3)4)7-11-8-5-10-6-8/h8,10-11H,5-7H2,1-4H3. The van der Waals surface area contributed by atoms with E-state index in [2.05, 4.69) is 43.5 Å². The van der Waals surface area contributed by atoms with E-state index in [-0.39, 0.29) is 5.54 Å². The molecule has 0 saturated carbocycles. The first-order valence-corrected chi connectivity index (χ1v) is 4.64. The Kier molecular flexibility index (Phi) is 3.09. The summed E-state index contributed by atoms with van der Waals surface area (Å²) in [6.07, 6.45) is 0. The van der Waals surface area contributed by atoms with Crippen LogP contribution in [-0.4, -0.2) is 50.2 Å². The van der Waals surface area contributed by atoms with E-state index in [9.17, 15) is 0 Å². The average Bonchev–Trinajstić information content (AvgIpc) is 1.83. The third-order valence-corrected chi connectivity index (χ3v) is 2.82. The first-order valence-electron chi connectivity index (χ1n) is 4.64. The Balaban J connectivity index is 2.19. The summed E-state index contributed by atoms with van der Waals surface area (Å²) in [5.41, 5.74) is 0.260. The molecule has 0 unspecified atom stereocenters. The van der Waals surface area contributed by atoms with Gasteiger partial charge < -0.3 is 15.5 Å². The van der Waals surface area contributed by atoms with Crippen LogP contribution in [0.3, 0.4) is 0 Å². The van der Waals surface area contributed by atoms with Gasteiger partial charge in [-0.05, 0) is 27.9 Å². The molecule has 0 aromatic rings. The molecule has 1 heterocycles. The molecular formula is C9H21N3. The zero-order chi connectivity index (χ0) is 9.19. The second kappa shape index (κ2) is 3.73. The van der Waals surface area contributed by atoms with Crippen molar-refractivity contribution in [2.24, 2.45) is 0 Å². The van der Waals surface area contributed by atoms with Crippen LogP contribution in [0.15, 0.2) is 0 Å². The van der Waals surface area contributed by atoms with Gasteiger partial charge >= 0.3 is 0 Å². The van der Waals surface area contributed by atoms with Gasteiger partial charge in [-0.15, -0.1) is 0 Å². The number of likely N-dealkylation sites (N-methyl/N-ethyl adjacent to an activating group) is 1. The maximum atomic E-state index is 3.54. The fourth-order valence-corrected chi connectivity index (χ4v) is 0.985. The van der Waals surface area contributed by atoms with Crippen molar-refractivity contribution in [1.82, 2.24) is 15.5 Å². The molecule has 1 aliphatic heterocycles. The van der Waals surface area contributed by atoms with E-state index in [1.807, 2.05) is 0 Å². The van der Waals surface area contributed by atoms with Gasteiger partial charge in [0.25, 0.3) is 0 Å². The first-order chi connectivity index (χ1) is 5.52. The molecule has 0 bridgehead atoms. The highest BCUT2D eigenvalue weighted by Gasteiger charge is 2.23. The Bertz CT molecular complexity index is 139. The van der Waals surface area contributed by atoms with Crippen LogP contribution in [-0.2, 0) is 0 Å². The number of nitrogens with zero attached hydrogens (tertiary/aromatic N) is 1. The van der Waals surface area contributed by atoms with Crippen LogP contribution in [0.1, 0.15) is 13.8 Å². The van der Waals surface area contributed by atoms with Crippen LogP contribution >= 0.6 is 0 Å². The third kappa shape index (κ3) is 2.44. The second-order valence-electron chi connectivity index (χ2n) is 4.44. The minimum Gasteiger partial charge on any atom is -0.314 e. The molecule has 0 spiro atoms. The molecular weight excluding hydrogens is 150 g/mol. The molecule has 0 aromatic heterocycles. The van der Waals surface area contributed by atoms with E-state index in [1.54, 1.807) is 0 Å². The highest BCUT2D eigenvalue weighted by atomic mass is 15.2. The SMILES string of the molecule is CN(C)C(C)(C)CNC1CNC1. The number of nitrogens with one attached hydrogen (secondary N) is 2. The summed E-state index contributed by atoms with van der Waals surface area (Å²) >= 11 is 0. The van der Waals surface area contributed by atoms with Crippen molar-refractivity contribution < 1.29 is 0 Å². The van der Waals surface area contributed by atoms with Gasteiger partial charge in [-0.3, -0.25) is 0 Å². The predicted molar refractivity (Wildman–Crippen MR) is 52.4 cm³/mol. The number of hydrogen-bond acceptors (Lipinski definition) is 3. The molecule has 0 amide bonds. The lowest BCUT2D eigenvalue weighted by atomic mass is 10.0. The molecule has 0 aliphatic carbocycles. The van der Waals surface area contributed by atoms with Gasteiger partial charge in [-0.25, -0.2) is 0 Å². The fraction of sp³-hybridized carbons (Fsp3) is 1.00. The predicted octanol–water partition coefficient (Wildman–Crippen LogP) is -0.112. The van der Waals surface area contributed by atoms with Crippen LogP contribution in [0.4, 0.5) is 0 Å². The number of hydrogen-bond donors (Lipinski definition) is 2. The maximum Gasteiger partial charge on any atom is 0.0318 e. The second-order valence-corrected chi connectivity index (χ2v) is 4.44. The molecule has 1 rings (SSSR count). The Hall–Kier alpha value is -0.120. The van der Waals surface area contributed by atoms with Crippen LogP contribution in [0.5, 0.6) is 0 Å². The van der Waals surface area contributed by atoms with Crippen LogP contribution < -0.4 is 10.6 Å². The molecule has 72 valence electrons. The van der Waals surface area contributed by atoms with Gasteiger partial charge in [0.1, 0.15) is 0 Å². The van der Waals surface area contributed by atoms with Gasteiger partial charge in [-0.2, -0.15) is 0 Å². The van der Waals surface area contributed by atoms with Crippen molar-refractivity contribution >= 4 is 0 Å². The van der Waals surface area contributed by atoms with E-state index >= 15 is 0 Å². The summed E-state index contributed by atoms with van der Waals surface area (Å²) in [6, 6.07) is 0.698. The fourth-order valence-electron chi connectivity index (χ4n) is 0.985. The maximum absolute atomic E-state index is 3.54. The van der Waals surface area contributed by atoms with E-state index in [0.29, 0.717) is 6.04 Å². The quantitative estimate of drug-likeness (QED) is 0.618. The molecule has 3 heteroatoms. The van der Waals surface area contributed by atoms with E-state index < -0.39 is 0 Å². The molecule has 12 heavy (non-hydrogen) atoms. The zero-order valence-electron chi connectivity index (χ0n) is 8.65. The van der Waals surface area contributed by atoms with Crippen molar-refractivity contribution in [3.63, 3.8) is 0 Å². The molecule has 2 N–H and O–H groups in total. The van der Waals surface area contributed by atoms with Gasteiger partial charge in [0.05, 0.1) is 0 Å². The van der Waals surface area contributed by atoms with Gasteiger partial charge in [0.2, 0.25) is 0 Å². The van der Waals surface area contributed by atoms with Gasteiger partial charge in [-0.1, -0.05) is 0 Å². The lowest BCUT2D eigenvalue weighted by molar-refractivity contribution is 0.177. The van der Waals surface area contributed by atoms with Crippen LogP contribution in [0.2, 0.25) is 0 Å². The molecule has 1 fully saturated rings. The summed E-state index contributed by atoms with van der Waals surface area (Å²) in [7, 11) is 4.25. The Morgan fingerprint density at radius 2 is 2.00 bits per heavy atom. The van der Waals surface area contributed by atoms with Crippen molar-refractivity contribution in [3.05, 3.63) is 0 Å². The summed E-state index contributed by atoms with van der Waals surface area (Å²) in [5, 5.41) is 6.79. The highest BCUT2D eigenvalue weighted by molar-refractivity contribution is 4.87. The Morgan fingerprint density at radius 3 is 2.33 bits per heavy atom. The molecule has 1 aliphatic rings. The summed E-state index contributed by atoms with van der Waals surface area (Å²) < 4.78 is 0. The third-order valence-electron chi connectivity index (χ3n) is 2.82. The van der Waals surface area contributed by atoms with Crippen molar-refractivity contribution in [2.75, 3.05) is 33.7 Å². The molecule has 1 saturated heterocycles. The zero-order valence-corrected chi connectivity index (χ0v) is 8.65. The van der Waals surface area contributed by atoms with Crippen molar-refractivity contribution in [3.8, 4) is 0 Å². The molecule has 0 radical (unpaired) electrons. The monoisotopic (exact) mass is 171 g/mol. The highest BCUT2D eigenvalue weighted by Crippen LogP contribution is 2.08. The molecule has 3 nitrogen and oxygen atoms in total. The minimum absolute atomic E-state index is 0.260.